The van der Waals surface area contributed by atoms with Crippen LogP contribution in [-0.4, -0.2) is 33.1 Å². The third kappa shape index (κ3) is 3.39. The first-order valence-corrected chi connectivity index (χ1v) is 10.2. The fourth-order valence-electron chi connectivity index (χ4n) is 3.89. The molecule has 0 amide bonds. The summed E-state index contributed by atoms with van der Waals surface area (Å²) in [5, 5.41) is 0. The molecule has 1 aliphatic rings. The molecule has 5 nitrogen and oxygen atoms in total. The number of aromatic nitrogens is 2. The lowest BCUT2D eigenvalue weighted by atomic mass is 9.98. The van der Waals surface area contributed by atoms with Crippen LogP contribution in [0.3, 0.4) is 0 Å². The molecule has 1 aromatic carbocycles. The van der Waals surface area contributed by atoms with Gasteiger partial charge in [-0.25, -0.2) is 4.79 Å². The molecule has 0 spiro atoms. The van der Waals surface area contributed by atoms with Gasteiger partial charge in [-0.1, -0.05) is 30.3 Å². The highest BCUT2D eigenvalue weighted by Crippen LogP contribution is 2.31. The maximum Gasteiger partial charge on any atom is 0.329 e. The van der Waals surface area contributed by atoms with Gasteiger partial charge < -0.3 is 4.98 Å². The van der Waals surface area contributed by atoms with Crippen LogP contribution in [0.1, 0.15) is 39.7 Å². The van der Waals surface area contributed by atoms with Gasteiger partial charge in [-0.15, -0.1) is 11.3 Å². The molecular formula is C21H25N3O2S. The van der Waals surface area contributed by atoms with Gasteiger partial charge in [-0.2, -0.15) is 0 Å². The first kappa shape index (κ1) is 18.2. The molecule has 6 heteroatoms. The maximum atomic E-state index is 13.1. The van der Waals surface area contributed by atoms with Crippen LogP contribution < -0.4 is 11.2 Å². The lowest BCUT2D eigenvalue weighted by Gasteiger charge is -2.41. The summed E-state index contributed by atoms with van der Waals surface area (Å²) in [7, 11) is 0. The second kappa shape index (κ2) is 6.77. The molecule has 0 radical (unpaired) electrons. The van der Waals surface area contributed by atoms with Crippen molar-refractivity contribution in [2.75, 3.05) is 13.1 Å². The van der Waals surface area contributed by atoms with Crippen LogP contribution in [0.4, 0.5) is 0 Å². The Morgan fingerprint density at radius 3 is 2.37 bits per heavy atom. The van der Waals surface area contributed by atoms with Gasteiger partial charge in [0.15, 0.2) is 0 Å². The molecule has 0 aliphatic carbocycles. The Morgan fingerprint density at radius 2 is 1.74 bits per heavy atom. The van der Waals surface area contributed by atoms with Crippen LogP contribution in [0, 0.1) is 0 Å². The van der Waals surface area contributed by atoms with Crippen LogP contribution in [-0.2, 0) is 0 Å². The summed E-state index contributed by atoms with van der Waals surface area (Å²) >= 11 is 1.45. The summed E-state index contributed by atoms with van der Waals surface area (Å²) in [6.07, 6.45) is 1.64. The molecule has 4 rings (SSSR count). The van der Waals surface area contributed by atoms with E-state index in [2.05, 4.69) is 30.7 Å². The highest BCUT2D eigenvalue weighted by molar-refractivity contribution is 7.22. The topological polar surface area (TPSA) is 58.1 Å². The molecular weight excluding hydrogens is 358 g/mol. The van der Waals surface area contributed by atoms with Gasteiger partial charge in [0.1, 0.15) is 4.70 Å². The van der Waals surface area contributed by atoms with Crippen molar-refractivity contribution < 1.29 is 0 Å². The first-order valence-electron chi connectivity index (χ1n) is 9.43. The Labute approximate surface area is 162 Å². The number of piperidine rings is 1. The van der Waals surface area contributed by atoms with E-state index < -0.39 is 0 Å². The summed E-state index contributed by atoms with van der Waals surface area (Å²) in [6, 6.07) is 11.8. The molecule has 1 saturated heterocycles. The fraction of sp³-hybridized carbons (Fsp3) is 0.429. The Hall–Kier alpha value is -2.18. The molecule has 1 aliphatic heterocycles. The molecule has 3 aromatic rings. The number of aromatic amines is 1. The zero-order valence-electron chi connectivity index (χ0n) is 16.0. The quantitative estimate of drug-likeness (QED) is 0.731. The van der Waals surface area contributed by atoms with Crippen LogP contribution in [0.5, 0.6) is 0 Å². The number of H-pyrrole nitrogens is 1. The van der Waals surface area contributed by atoms with Gasteiger partial charge in [-0.05, 0) is 45.2 Å². The van der Waals surface area contributed by atoms with Crippen LogP contribution in [0.15, 0.2) is 46.0 Å². The van der Waals surface area contributed by atoms with Gasteiger partial charge in [-0.3, -0.25) is 14.3 Å². The third-order valence-electron chi connectivity index (χ3n) is 5.44. The largest absolute Gasteiger partial charge is 0.329 e. The van der Waals surface area contributed by atoms with E-state index in [9.17, 15) is 9.59 Å². The van der Waals surface area contributed by atoms with Crippen molar-refractivity contribution in [3.8, 4) is 10.4 Å². The SMILES string of the molecule is CC(C)(C)N1CCC(n2c(=O)[nH]c3cc(-c4ccccc4)sc3c2=O)CC1. The van der Waals surface area contributed by atoms with Crippen molar-refractivity contribution in [1.82, 2.24) is 14.5 Å². The molecule has 0 atom stereocenters. The molecule has 0 unspecified atom stereocenters. The number of nitrogens with one attached hydrogen (secondary N) is 1. The van der Waals surface area contributed by atoms with Crippen molar-refractivity contribution in [1.29, 1.82) is 0 Å². The van der Waals surface area contributed by atoms with Crippen LogP contribution >= 0.6 is 11.3 Å². The summed E-state index contributed by atoms with van der Waals surface area (Å²) in [5.74, 6) is 0. The monoisotopic (exact) mass is 383 g/mol. The standard InChI is InChI=1S/C21H25N3O2S/c1-21(2,3)23-11-9-15(10-12-23)24-19(25)18-16(22-20(24)26)13-17(27-18)14-7-5-4-6-8-14/h4-8,13,15H,9-12H2,1-3H3,(H,22,26). The lowest BCUT2D eigenvalue weighted by Crippen LogP contribution is -2.49. The van der Waals surface area contributed by atoms with E-state index >= 15 is 0 Å². The lowest BCUT2D eigenvalue weighted by molar-refractivity contribution is 0.0882. The van der Waals surface area contributed by atoms with Crippen molar-refractivity contribution in [2.24, 2.45) is 0 Å². The zero-order chi connectivity index (χ0) is 19.2. The van der Waals surface area contributed by atoms with Gasteiger partial charge in [0, 0.05) is 29.5 Å². The molecule has 1 fully saturated rings. The Balaban J connectivity index is 1.71. The molecule has 0 bridgehead atoms. The van der Waals surface area contributed by atoms with Crippen molar-refractivity contribution in [3.63, 3.8) is 0 Å². The average Bonchev–Trinajstić information content (AvgIpc) is 3.06. The van der Waals surface area contributed by atoms with Crippen molar-refractivity contribution >= 4 is 21.6 Å². The smallest absolute Gasteiger partial charge is 0.306 e. The molecule has 3 heterocycles. The number of rotatable bonds is 2. The van der Waals surface area contributed by atoms with Crippen molar-refractivity contribution in [3.05, 3.63) is 57.2 Å². The predicted octanol–water partition coefficient (Wildman–Crippen LogP) is 3.85. The second-order valence-corrected chi connectivity index (χ2v) is 9.27. The first-order chi connectivity index (χ1) is 12.8. The van der Waals surface area contributed by atoms with E-state index in [4.69, 9.17) is 0 Å². The minimum Gasteiger partial charge on any atom is -0.306 e. The van der Waals surface area contributed by atoms with Crippen molar-refractivity contribution in [2.45, 2.75) is 45.2 Å². The molecule has 0 saturated carbocycles. The third-order valence-corrected chi connectivity index (χ3v) is 6.61. The van der Waals surface area contributed by atoms with E-state index in [1.165, 1.54) is 15.9 Å². The minimum absolute atomic E-state index is 0.0356. The summed E-state index contributed by atoms with van der Waals surface area (Å²) in [6.45, 7) is 8.41. The van der Waals surface area contributed by atoms with E-state index in [1.807, 2.05) is 36.4 Å². The van der Waals surface area contributed by atoms with E-state index in [-0.39, 0.29) is 22.8 Å². The number of hydrogen-bond donors (Lipinski definition) is 1. The van der Waals surface area contributed by atoms with Crippen LogP contribution in [0.25, 0.3) is 20.7 Å². The number of thiophene rings is 1. The molecule has 2 aromatic heterocycles. The summed E-state index contributed by atoms with van der Waals surface area (Å²) < 4.78 is 2.08. The van der Waals surface area contributed by atoms with E-state index in [0.717, 1.165) is 36.4 Å². The number of hydrogen-bond acceptors (Lipinski definition) is 4. The van der Waals surface area contributed by atoms with E-state index in [0.29, 0.717) is 10.2 Å². The number of benzene rings is 1. The Kier molecular flexibility index (Phi) is 4.56. The minimum atomic E-state index is -0.292. The predicted molar refractivity (Wildman–Crippen MR) is 112 cm³/mol. The van der Waals surface area contributed by atoms with Gasteiger partial charge in [0.05, 0.1) is 5.52 Å². The van der Waals surface area contributed by atoms with Gasteiger partial charge in [0.25, 0.3) is 5.56 Å². The second-order valence-electron chi connectivity index (χ2n) is 8.21. The molecule has 142 valence electrons. The number of likely N-dealkylation sites (tertiary alicyclic amines) is 1. The highest BCUT2D eigenvalue weighted by atomic mass is 32.1. The normalized spacial score (nSPS) is 16.9. The van der Waals surface area contributed by atoms with Gasteiger partial charge >= 0.3 is 5.69 Å². The molecule has 27 heavy (non-hydrogen) atoms. The zero-order valence-corrected chi connectivity index (χ0v) is 16.8. The van der Waals surface area contributed by atoms with Gasteiger partial charge in [0.2, 0.25) is 0 Å². The molecule has 1 N–H and O–H groups in total. The summed E-state index contributed by atoms with van der Waals surface area (Å²) in [5.41, 5.74) is 1.36. The highest BCUT2D eigenvalue weighted by Gasteiger charge is 2.29. The van der Waals surface area contributed by atoms with Crippen LogP contribution in [0.2, 0.25) is 0 Å². The Morgan fingerprint density at radius 1 is 1.07 bits per heavy atom. The van der Waals surface area contributed by atoms with E-state index in [1.54, 1.807) is 0 Å². The number of nitrogens with zero attached hydrogens (tertiary/aromatic N) is 2. The maximum absolute atomic E-state index is 13.1. The number of fused-ring (bicyclic) bond motifs is 1. The fourth-order valence-corrected chi connectivity index (χ4v) is 4.95. The summed E-state index contributed by atoms with van der Waals surface area (Å²) in [4.78, 5) is 32.1. The average molecular weight is 384 g/mol. The Bertz CT molecular complexity index is 1060.